The van der Waals surface area contributed by atoms with Crippen LogP contribution in [0.3, 0.4) is 0 Å². The van der Waals surface area contributed by atoms with Crippen molar-refractivity contribution in [1.29, 1.82) is 0 Å². The van der Waals surface area contributed by atoms with E-state index < -0.39 is 17.8 Å². The Morgan fingerprint density at radius 3 is 2.15 bits per heavy atom. The van der Waals surface area contributed by atoms with E-state index in [1.54, 1.807) is 42.5 Å². The maximum absolute atomic E-state index is 13.3. The first-order chi connectivity index (χ1) is 18.6. The van der Waals surface area contributed by atoms with E-state index in [4.69, 9.17) is 14.2 Å². The van der Waals surface area contributed by atoms with Crippen LogP contribution in [-0.4, -0.2) is 38.2 Å². The smallest absolute Gasteiger partial charge is 0.335 e. The summed E-state index contributed by atoms with van der Waals surface area (Å²) in [5.74, 6) is 0.213. The molecule has 1 aliphatic heterocycles. The molecule has 1 fully saturated rings. The summed E-state index contributed by atoms with van der Waals surface area (Å²) in [6.45, 7) is 6.98. The van der Waals surface area contributed by atoms with Crippen molar-refractivity contribution < 1.29 is 28.6 Å². The molecule has 9 heteroatoms. The zero-order valence-corrected chi connectivity index (χ0v) is 23.7. The predicted molar refractivity (Wildman–Crippen MR) is 152 cm³/mol. The minimum atomic E-state index is -0.828. The van der Waals surface area contributed by atoms with Crippen molar-refractivity contribution >= 4 is 45.5 Å². The van der Waals surface area contributed by atoms with Crippen molar-refractivity contribution in [3.63, 3.8) is 0 Å². The number of anilines is 1. The lowest BCUT2D eigenvalue weighted by Gasteiger charge is -2.26. The van der Waals surface area contributed by atoms with E-state index in [1.165, 1.54) is 18.7 Å². The second kappa shape index (κ2) is 11.7. The average molecular weight is 593 g/mol. The highest BCUT2D eigenvalue weighted by atomic mass is 79.9. The molecule has 0 bridgehead atoms. The van der Waals surface area contributed by atoms with Crippen molar-refractivity contribution in [2.45, 2.75) is 26.2 Å². The van der Waals surface area contributed by atoms with Crippen LogP contribution in [0, 0.1) is 0 Å². The molecule has 3 aromatic carbocycles. The van der Waals surface area contributed by atoms with Gasteiger partial charge >= 0.3 is 6.03 Å². The van der Waals surface area contributed by atoms with Crippen LogP contribution >= 0.6 is 15.9 Å². The molecule has 39 heavy (non-hydrogen) atoms. The Balaban J connectivity index is 1.49. The van der Waals surface area contributed by atoms with E-state index in [0.29, 0.717) is 29.4 Å². The lowest BCUT2D eigenvalue weighted by Crippen LogP contribution is -2.54. The summed E-state index contributed by atoms with van der Waals surface area (Å²) in [6, 6.07) is 18.7. The third-order valence-corrected chi connectivity index (χ3v) is 6.53. The maximum atomic E-state index is 13.3. The minimum absolute atomic E-state index is 0.0592. The van der Waals surface area contributed by atoms with Gasteiger partial charge in [0.15, 0.2) is 0 Å². The van der Waals surface area contributed by atoms with E-state index in [2.05, 4.69) is 42.0 Å². The number of nitrogens with one attached hydrogen (secondary N) is 1. The molecule has 202 valence electrons. The second-order valence-corrected chi connectivity index (χ2v) is 10.7. The summed E-state index contributed by atoms with van der Waals surface area (Å²) in [5.41, 5.74) is 1.86. The van der Waals surface area contributed by atoms with Gasteiger partial charge in [-0.2, -0.15) is 0 Å². The van der Waals surface area contributed by atoms with Gasteiger partial charge in [-0.1, -0.05) is 48.8 Å². The summed E-state index contributed by atoms with van der Waals surface area (Å²) >= 11 is 3.42. The van der Waals surface area contributed by atoms with Crippen LogP contribution < -0.4 is 24.4 Å². The van der Waals surface area contributed by atoms with Gasteiger partial charge in [0.05, 0.1) is 12.8 Å². The van der Waals surface area contributed by atoms with Gasteiger partial charge in [-0.3, -0.25) is 14.9 Å². The molecule has 8 nitrogen and oxygen atoms in total. The molecule has 0 radical (unpaired) electrons. The highest BCUT2D eigenvalue weighted by Crippen LogP contribution is 2.29. The van der Waals surface area contributed by atoms with Crippen molar-refractivity contribution in [1.82, 2.24) is 5.32 Å². The van der Waals surface area contributed by atoms with E-state index >= 15 is 0 Å². The fourth-order valence-electron chi connectivity index (χ4n) is 3.90. The zero-order chi connectivity index (χ0) is 28.2. The number of nitrogens with zero attached hydrogens (tertiary/aromatic N) is 1. The Morgan fingerprint density at radius 2 is 1.51 bits per heavy atom. The van der Waals surface area contributed by atoms with Crippen molar-refractivity contribution in [3.8, 4) is 17.2 Å². The fraction of sp³-hybridized carbons (Fsp3) is 0.233. The van der Waals surface area contributed by atoms with Crippen LogP contribution in [-0.2, 0) is 15.0 Å². The van der Waals surface area contributed by atoms with Crippen LogP contribution in [0.4, 0.5) is 10.5 Å². The first-order valence-corrected chi connectivity index (χ1v) is 13.1. The Bertz CT molecular complexity index is 1410. The number of ether oxygens (including phenoxy) is 3. The third kappa shape index (κ3) is 6.67. The standard InChI is InChI=1S/C30H29BrN2O6/c1-30(2,3)20-5-10-24(11-6-20)38-15-16-39-26-14-7-21(31)17-19(26)18-25-27(34)32-29(36)33(28(25)35)22-8-12-23(37-4)13-9-22/h5-14,17-18H,15-16H2,1-4H3,(H,32,34,36)/b25-18+. The molecule has 0 spiro atoms. The minimum Gasteiger partial charge on any atom is -0.497 e. The van der Waals surface area contributed by atoms with Crippen molar-refractivity contribution in [2.75, 3.05) is 25.2 Å². The van der Waals surface area contributed by atoms with Gasteiger partial charge in [-0.25, -0.2) is 9.69 Å². The summed E-state index contributed by atoms with van der Waals surface area (Å²) in [4.78, 5) is 39.4. The molecule has 0 atom stereocenters. The summed E-state index contributed by atoms with van der Waals surface area (Å²) in [6.07, 6.45) is 1.41. The molecule has 0 aromatic heterocycles. The van der Waals surface area contributed by atoms with Gasteiger partial charge in [0.25, 0.3) is 11.8 Å². The topological polar surface area (TPSA) is 94.2 Å². The lowest BCUT2D eigenvalue weighted by atomic mass is 9.87. The number of benzene rings is 3. The first kappa shape index (κ1) is 27.9. The molecular formula is C30H29BrN2O6. The Hall–Kier alpha value is -4.11. The molecule has 0 unspecified atom stereocenters. The monoisotopic (exact) mass is 592 g/mol. The largest absolute Gasteiger partial charge is 0.497 e. The highest BCUT2D eigenvalue weighted by molar-refractivity contribution is 9.10. The van der Waals surface area contributed by atoms with Gasteiger partial charge in [-0.05, 0) is 71.7 Å². The molecule has 4 amide bonds. The normalized spacial score (nSPS) is 14.8. The molecule has 1 heterocycles. The van der Waals surface area contributed by atoms with Gasteiger partial charge in [0.1, 0.15) is 36.0 Å². The van der Waals surface area contributed by atoms with Crippen LogP contribution in [0.2, 0.25) is 0 Å². The van der Waals surface area contributed by atoms with Gasteiger partial charge in [-0.15, -0.1) is 0 Å². The lowest BCUT2D eigenvalue weighted by molar-refractivity contribution is -0.122. The van der Waals surface area contributed by atoms with Crippen LogP contribution in [0.1, 0.15) is 31.9 Å². The van der Waals surface area contributed by atoms with E-state index in [9.17, 15) is 14.4 Å². The molecule has 3 aromatic rings. The summed E-state index contributed by atoms with van der Waals surface area (Å²) in [5, 5.41) is 2.23. The van der Waals surface area contributed by atoms with Crippen molar-refractivity contribution in [3.05, 3.63) is 87.9 Å². The highest BCUT2D eigenvalue weighted by Gasteiger charge is 2.37. The number of carbonyl (C=O) groups excluding carboxylic acids is 3. The summed E-state index contributed by atoms with van der Waals surface area (Å²) < 4.78 is 17.6. The second-order valence-electron chi connectivity index (χ2n) is 9.81. The number of urea groups is 1. The van der Waals surface area contributed by atoms with Gasteiger partial charge < -0.3 is 14.2 Å². The molecule has 4 rings (SSSR count). The molecule has 1 saturated heterocycles. The molecule has 0 aliphatic carbocycles. The number of rotatable bonds is 8. The Morgan fingerprint density at radius 1 is 0.872 bits per heavy atom. The quantitative estimate of drug-likeness (QED) is 0.199. The van der Waals surface area contributed by atoms with E-state index in [1.807, 2.05) is 24.3 Å². The molecular weight excluding hydrogens is 564 g/mol. The fourth-order valence-corrected chi connectivity index (χ4v) is 4.28. The first-order valence-electron chi connectivity index (χ1n) is 12.3. The average Bonchev–Trinajstić information content (AvgIpc) is 2.90. The van der Waals surface area contributed by atoms with Gasteiger partial charge in [0, 0.05) is 10.0 Å². The number of amides is 4. The number of hydrogen-bond acceptors (Lipinski definition) is 6. The predicted octanol–water partition coefficient (Wildman–Crippen LogP) is 5.88. The molecule has 1 aliphatic rings. The number of methoxy groups -OCH3 is 1. The maximum Gasteiger partial charge on any atom is 0.335 e. The number of imide groups is 2. The number of hydrogen-bond donors (Lipinski definition) is 1. The van der Waals surface area contributed by atoms with Crippen LogP contribution in [0.25, 0.3) is 6.08 Å². The molecule has 0 saturated carbocycles. The Kier molecular flexibility index (Phi) is 8.40. The third-order valence-electron chi connectivity index (χ3n) is 6.03. The number of barbiturate groups is 1. The van der Waals surface area contributed by atoms with E-state index in [0.717, 1.165) is 15.1 Å². The van der Waals surface area contributed by atoms with Gasteiger partial charge in [0.2, 0.25) is 0 Å². The summed E-state index contributed by atoms with van der Waals surface area (Å²) in [7, 11) is 1.52. The van der Waals surface area contributed by atoms with Crippen LogP contribution in [0.15, 0.2) is 76.8 Å². The zero-order valence-electron chi connectivity index (χ0n) is 22.1. The Labute approximate surface area is 235 Å². The van der Waals surface area contributed by atoms with Crippen molar-refractivity contribution in [2.24, 2.45) is 0 Å². The molecule has 1 N–H and O–H groups in total. The van der Waals surface area contributed by atoms with Crippen LogP contribution in [0.5, 0.6) is 17.2 Å². The SMILES string of the molecule is COc1ccc(N2C(=O)NC(=O)/C(=C\c3cc(Br)ccc3OCCOc3ccc(C(C)(C)C)cc3)C2=O)cc1. The number of halogens is 1. The van der Waals surface area contributed by atoms with E-state index in [-0.39, 0.29) is 17.6 Å². The number of carbonyl (C=O) groups is 3.